The first-order valence-corrected chi connectivity index (χ1v) is 26.3. The SMILES string of the molecule is c1ccc(-n2c3ccc(-c4cc(-c5ccc6c(c5)c5ccc(-c7cnc8ccccc8c7)cc5n6-c5ccccc5)cc(-n5c6ccccc6c6ccccc65)c4)cc3c3ccc(-c4ccc5ncccc5c4)cc32)cc1. The average molecular weight is 980 g/mol. The largest absolute Gasteiger partial charge is 0.309 e. The third kappa shape index (κ3) is 6.95. The predicted molar refractivity (Wildman–Crippen MR) is 322 cm³/mol. The van der Waals surface area contributed by atoms with Crippen molar-refractivity contribution < 1.29 is 0 Å². The van der Waals surface area contributed by atoms with E-state index in [2.05, 4.69) is 267 Å². The molecule has 11 aromatic carbocycles. The number of para-hydroxylation sites is 5. The van der Waals surface area contributed by atoms with Gasteiger partial charge in [0.2, 0.25) is 0 Å². The van der Waals surface area contributed by atoms with Crippen LogP contribution in [0.15, 0.2) is 273 Å². The quantitative estimate of drug-likeness (QED) is 0.160. The smallest absolute Gasteiger partial charge is 0.0702 e. The molecule has 0 saturated heterocycles. The van der Waals surface area contributed by atoms with Crippen molar-refractivity contribution in [2.75, 3.05) is 0 Å². The first-order valence-electron chi connectivity index (χ1n) is 26.3. The fourth-order valence-corrected chi connectivity index (χ4v) is 12.2. The Kier molecular flexibility index (Phi) is 9.57. The van der Waals surface area contributed by atoms with E-state index in [4.69, 9.17) is 4.98 Å². The molecule has 0 atom stereocenters. The highest BCUT2D eigenvalue weighted by molar-refractivity contribution is 6.14. The molecule has 358 valence electrons. The molecule has 5 heterocycles. The zero-order chi connectivity index (χ0) is 50.6. The summed E-state index contributed by atoms with van der Waals surface area (Å²) in [6.45, 7) is 0. The Morgan fingerprint density at radius 2 is 0.649 bits per heavy atom. The first kappa shape index (κ1) is 43.1. The number of fused-ring (bicyclic) bond motifs is 11. The van der Waals surface area contributed by atoms with Gasteiger partial charge in [0.05, 0.1) is 44.1 Å². The van der Waals surface area contributed by atoms with Crippen LogP contribution in [-0.4, -0.2) is 23.7 Å². The van der Waals surface area contributed by atoms with Gasteiger partial charge in [-0.15, -0.1) is 0 Å². The van der Waals surface area contributed by atoms with Gasteiger partial charge >= 0.3 is 0 Å². The number of nitrogens with zero attached hydrogens (tertiary/aromatic N) is 5. The summed E-state index contributed by atoms with van der Waals surface area (Å²) in [6, 6.07) is 95.4. The predicted octanol–water partition coefficient (Wildman–Crippen LogP) is 18.7. The van der Waals surface area contributed by atoms with Crippen molar-refractivity contribution in [3.63, 3.8) is 0 Å². The lowest BCUT2D eigenvalue weighted by molar-refractivity contribution is 1.18. The molecular formula is C72H45N5. The fourth-order valence-electron chi connectivity index (χ4n) is 12.2. The van der Waals surface area contributed by atoms with Gasteiger partial charge in [-0.1, -0.05) is 140 Å². The molecule has 0 fully saturated rings. The lowest BCUT2D eigenvalue weighted by Gasteiger charge is -2.15. The lowest BCUT2D eigenvalue weighted by atomic mass is 9.95. The van der Waals surface area contributed by atoms with E-state index in [0.717, 1.165) is 94.3 Å². The molecule has 0 aliphatic rings. The van der Waals surface area contributed by atoms with Gasteiger partial charge in [0.15, 0.2) is 0 Å². The fraction of sp³-hybridized carbons (Fsp3) is 0. The van der Waals surface area contributed by atoms with E-state index >= 15 is 0 Å². The summed E-state index contributed by atoms with van der Waals surface area (Å²) in [5, 5.41) is 9.53. The van der Waals surface area contributed by atoms with Crippen LogP contribution in [0.4, 0.5) is 0 Å². The first-order chi connectivity index (χ1) is 38.1. The second kappa shape index (κ2) is 17.1. The van der Waals surface area contributed by atoms with E-state index in [-0.39, 0.29) is 0 Å². The molecule has 0 spiro atoms. The highest BCUT2D eigenvalue weighted by Gasteiger charge is 2.20. The van der Waals surface area contributed by atoms with Crippen LogP contribution in [0.25, 0.3) is 149 Å². The van der Waals surface area contributed by atoms with Crippen LogP contribution in [-0.2, 0) is 0 Å². The minimum absolute atomic E-state index is 0.995. The van der Waals surface area contributed by atoms with E-state index in [9.17, 15) is 0 Å². The molecule has 16 rings (SSSR count). The van der Waals surface area contributed by atoms with E-state index < -0.39 is 0 Å². The maximum absolute atomic E-state index is 4.85. The van der Waals surface area contributed by atoms with Crippen LogP contribution in [0.5, 0.6) is 0 Å². The maximum Gasteiger partial charge on any atom is 0.0702 e. The van der Waals surface area contributed by atoms with Gasteiger partial charge in [-0.2, -0.15) is 0 Å². The number of benzene rings is 11. The van der Waals surface area contributed by atoms with Crippen LogP contribution < -0.4 is 0 Å². The van der Waals surface area contributed by atoms with Crippen LogP contribution in [0.1, 0.15) is 0 Å². The van der Waals surface area contributed by atoms with Gasteiger partial charge < -0.3 is 13.7 Å². The minimum atomic E-state index is 0.995. The molecule has 0 bridgehead atoms. The number of pyridine rings is 2. The maximum atomic E-state index is 4.85. The minimum Gasteiger partial charge on any atom is -0.309 e. The van der Waals surface area contributed by atoms with Crippen molar-refractivity contribution in [3.05, 3.63) is 273 Å². The molecule has 0 aliphatic heterocycles. The monoisotopic (exact) mass is 979 g/mol. The van der Waals surface area contributed by atoms with Crippen molar-refractivity contribution in [3.8, 4) is 61.6 Å². The lowest BCUT2D eigenvalue weighted by Crippen LogP contribution is -1.96. The van der Waals surface area contributed by atoms with Gasteiger partial charge in [0, 0.05) is 78.1 Å². The highest BCUT2D eigenvalue weighted by atomic mass is 15.0. The Morgan fingerprint density at radius 3 is 1.27 bits per heavy atom. The van der Waals surface area contributed by atoms with Gasteiger partial charge in [-0.25, -0.2) is 0 Å². The Labute approximate surface area is 443 Å². The molecule has 0 N–H and O–H groups in total. The van der Waals surface area contributed by atoms with E-state index in [1.165, 1.54) is 54.5 Å². The van der Waals surface area contributed by atoms with E-state index in [0.29, 0.717) is 0 Å². The summed E-state index contributed by atoms with van der Waals surface area (Å²) in [7, 11) is 0. The molecule has 0 saturated carbocycles. The molecule has 5 aromatic heterocycles. The number of aromatic nitrogens is 5. The van der Waals surface area contributed by atoms with Crippen LogP contribution in [0.2, 0.25) is 0 Å². The number of hydrogen-bond donors (Lipinski definition) is 0. The second-order valence-corrected chi connectivity index (χ2v) is 20.2. The van der Waals surface area contributed by atoms with Gasteiger partial charge in [0.1, 0.15) is 0 Å². The average Bonchev–Trinajstić information content (AvgIpc) is 4.23. The Bertz CT molecular complexity index is 4730. The van der Waals surface area contributed by atoms with Crippen LogP contribution in [0, 0.1) is 0 Å². The van der Waals surface area contributed by atoms with Crippen molar-refractivity contribution >= 4 is 87.2 Å². The zero-order valence-corrected chi connectivity index (χ0v) is 41.7. The summed E-state index contributed by atoms with van der Waals surface area (Å²) in [6.07, 6.45) is 3.85. The summed E-state index contributed by atoms with van der Waals surface area (Å²) < 4.78 is 7.28. The summed E-state index contributed by atoms with van der Waals surface area (Å²) in [5.41, 5.74) is 21.5. The topological polar surface area (TPSA) is 40.6 Å². The van der Waals surface area contributed by atoms with E-state index in [1.54, 1.807) is 0 Å². The van der Waals surface area contributed by atoms with Crippen molar-refractivity contribution in [2.24, 2.45) is 0 Å². The summed E-state index contributed by atoms with van der Waals surface area (Å²) in [4.78, 5) is 9.44. The number of rotatable bonds is 7. The normalized spacial score (nSPS) is 11.9. The summed E-state index contributed by atoms with van der Waals surface area (Å²) in [5.74, 6) is 0. The summed E-state index contributed by atoms with van der Waals surface area (Å²) >= 11 is 0. The molecule has 0 radical (unpaired) electrons. The number of hydrogen-bond acceptors (Lipinski definition) is 2. The molecule has 16 aromatic rings. The van der Waals surface area contributed by atoms with Crippen LogP contribution in [0.3, 0.4) is 0 Å². The molecule has 77 heavy (non-hydrogen) atoms. The molecule has 5 heteroatoms. The molecule has 0 amide bonds. The Balaban J connectivity index is 0.907. The highest BCUT2D eigenvalue weighted by Crippen LogP contribution is 2.42. The van der Waals surface area contributed by atoms with Crippen molar-refractivity contribution in [2.45, 2.75) is 0 Å². The molecule has 0 aliphatic carbocycles. The van der Waals surface area contributed by atoms with Crippen molar-refractivity contribution in [1.29, 1.82) is 0 Å². The standard InChI is InChI=1S/C72H45N5/c1-3-16-56(17-4-1)75-69-33-28-47(41-63(69)61-30-25-49(43-71(61)75)46-27-32-66-52(36-46)15-13-35-73-66)53-38-54(40-58(39-53)77-67-23-11-8-20-59(67)60-21-9-12-24-68(60)77)48-29-34-70-64(42-48)62-31-26-50(44-72(62)76(70)57-18-5-2-6-19-57)55-37-51-14-7-10-22-65(51)74-45-55/h1-45H. The van der Waals surface area contributed by atoms with E-state index in [1.807, 2.05) is 24.5 Å². The second-order valence-electron chi connectivity index (χ2n) is 20.2. The van der Waals surface area contributed by atoms with Gasteiger partial charge in [-0.3, -0.25) is 9.97 Å². The van der Waals surface area contributed by atoms with Crippen LogP contribution >= 0.6 is 0 Å². The van der Waals surface area contributed by atoms with Gasteiger partial charge in [-0.05, 0) is 160 Å². The third-order valence-electron chi connectivity index (χ3n) is 15.8. The molecular weight excluding hydrogens is 935 g/mol. The Morgan fingerprint density at radius 1 is 0.221 bits per heavy atom. The Hall–Kier alpha value is -10.4. The van der Waals surface area contributed by atoms with Crippen molar-refractivity contribution in [1.82, 2.24) is 23.7 Å². The zero-order valence-electron chi connectivity index (χ0n) is 41.7. The molecule has 0 unspecified atom stereocenters. The third-order valence-corrected chi connectivity index (χ3v) is 15.8. The molecule has 5 nitrogen and oxygen atoms in total. The van der Waals surface area contributed by atoms with Gasteiger partial charge in [0.25, 0.3) is 0 Å².